The first kappa shape index (κ1) is 17.0. The van der Waals surface area contributed by atoms with Gasteiger partial charge in [-0.2, -0.15) is 5.26 Å². The van der Waals surface area contributed by atoms with Gasteiger partial charge in [-0.3, -0.25) is 9.69 Å². The number of nitrogens with zero attached hydrogens (tertiary/aromatic N) is 3. The van der Waals surface area contributed by atoms with E-state index in [0.717, 1.165) is 38.8 Å². The fourth-order valence-corrected chi connectivity index (χ4v) is 3.84. The number of hydrogen-bond donors (Lipinski definition) is 0. The van der Waals surface area contributed by atoms with E-state index in [4.69, 9.17) is 0 Å². The number of nitriles is 1. The lowest BCUT2D eigenvalue weighted by Gasteiger charge is -2.39. The van der Waals surface area contributed by atoms with Crippen molar-refractivity contribution in [1.82, 2.24) is 9.80 Å². The summed E-state index contributed by atoms with van der Waals surface area (Å²) in [5.74, 6) is 0.0573. The summed E-state index contributed by atoms with van der Waals surface area (Å²) in [6.45, 7) is 4.08. The molecule has 4 nitrogen and oxygen atoms in total. The third-order valence-electron chi connectivity index (χ3n) is 4.67. The first-order valence-electron chi connectivity index (χ1n) is 8.04. The summed E-state index contributed by atoms with van der Waals surface area (Å²) < 4.78 is 0. The minimum atomic E-state index is -0.586. The summed E-state index contributed by atoms with van der Waals surface area (Å²) in [4.78, 5) is 17.8. The van der Waals surface area contributed by atoms with Gasteiger partial charge < -0.3 is 4.90 Å². The summed E-state index contributed by atoms with van der Waals surface area (Å²) in [5.41, 5.74) is -0.586. The highest BCUT2D eigenvalue weighted by Crippen LogP contribution is 2.32. The summed E-state index contributed by atoms with van der Waals surface area (Å²) in [5, 5.41) is 11.7. The van der Waals surface area contributed by atoms with E-state index >= 15 is 0 Å². The first-order chi connectivity index (χ1) is 10.6. The molecule has 1 aliphatic carbocycles. The van der Waals surface area contributed by atoms with Crippen LogP contribution < -0.4 is 0 Å². The van der Waals surface area contributed by atoms with Gasteiger partial charge in [0.2, 0.25) is 5.91 Å². The Labute approximate surface area is 137 Å². The molecule has 1 heterocycles. The van der Waals surface area contributed by atoms with Gasteiger partial charge in [0, 0.05) is 18.5 Å². The molecule has 2 rings (SSSR count). The van der Waals surface area contributed by atoms with Crippen molar-refractivity contribution in [2.75, 3.05) is 20.1 Å². The monoisotopic (exact) mass is 319 g/mol. The van der Waals surface area contributed by atoms with Crippen LogP contribution in [0.25, 0.3) is 0 Å². The number of hydrogen-bond acceptors (Lipinski definition) is 4. The maximum atomic E-state index is 12.6. The maximum absolute atomic E-state index is 12.6. The molecular formula is C17H25N3OS. The molecule has 0 bridgehead atoms. The Morgan fingerprint density at radius 1 is 1.41 bits per heavy atom. The number of carbonyl (C=O) groups excluding carboxylic acids is 1. The molecule has 0 aromatic carbocycles. The highest BCUT2D eigenvalue weighted by atomic mass is 32.1. The van der Waals surface area contributed by atoms with Crippen LogP contribution in [0.4, 0.5) is 0 Å². The van der Waals surface area contributed by atoms with Crippen LogP contribution in [0, 0.1) is 11.3 Å². The number of rotatable bonds is 6. The smallest absolute Gasteiger partial charge is 0.237 e. The lowest BCUT2D eigenvalue weighted by Crippen LogP contribution is -2.52. The Morgan fingerprint density at radius 3 is 2.68 bits per heavy atom. The van der Waals surface area contributed by atoms with Gasteiger partial charge in [-0.25, -0.2) is 0 Å². The van der Waals surface area contributed by atoms with Crippen molar-refractivity contribution in [2.45, 2.75) is 51.1 Å². The van der Waals surface area contributed by atoms with E-state index in [2.05, 4.69) is 29.3 Å². The van der Waals surface area contributed by atoms with Gasteiger partial charge in [0.1, 0.15) is 5.54 Å². The molecule has 0 atom stereocenters. The largest absolute Gasteiger partial charge is 0.326 e. The van der Waals surface area contributed by atoms with Crippen molar-refractivity contribution < 1.29 is 4.79 Å². The number of carbonyl (C=O) groups is 1. The Balaban J connectivity index is 1.98. The van der Waals surface area contributed by atoms with Gasteiger partial charge in [0.25, 0.3) is 0 Å². The third kappa shape index (κ3) is 3.88. The van der Waals surface area contributed by atoms with Gasteiger partial charge in [0.15, 0.2) is 0 Å². The molecule has 0 aliphatic heterocycles. The molecule has 1 aromatic rings. The van der Waals surface area contributed by atoms with Gasteiger partial charge in [-0.05, 0) is 30.8 Å². The van der Waals surface area contributed by atoms with E-state index in [1.807, 2.05) is 6.07 Å². The number of amides is 1. The molecule has 0 unspecified atom stereocenters. The van der Waals surface area contributed by atoms with E-state index in [-0.39, 0.29) is 5.91 Å². The minimum Gasteiger partial charge on any atom is -0.326 e. The van der Waals surface area contributed by atoms with Gasteiger partial charge >= 0.3 is 0 Å². The molecule has 120 valence electrons. The molecule has 5 heteroatoms. The van der Waals surface area contributed by atoms with Crippen LogP contribution in [0.2, 0.25) is 0 Å². The Kier molecular flexibility index (Phi) is 5.98. The lowest BCUT2D eigenvalue weighted by molar-refractivity contribution is -0.136. The molecule has 0 saturated heterocycles. The first-order valence-corrected chi connectivity index (χ1v) is 8.92. The molecule has 1 amide bonds. The second-order valence-electron chi connectivity index (χ2n) is 6.04. The quantitative estimate of drug-likeness (QED) is 0.808. The predicted octanol–water partition coefficient (Wildman–Crippen LogP) is 3.25. The zero-order valence-corrected chi connectivity index (χ0v) is 14.4. The maximum Gasteiger partial charge on any atom is 0.237 e. The van der Waals surface area contributed by atoms with Crippen molar-refractivity contribution in [1.29, 1.82) is 5.26 Å². The Hall–Kier alpha value is -1.38. The molecule has 0 N–H and O–H groups in total. The third-order valence-corrected chi connectivity index (χ3v) is 5.53. The molecule has 22 heavy (non-hydrogen) atoms. The molecular weight excluding hydrogens is 294 g/mol. The van der Waals surface area contributed by atoms with E-state index in [0.29, 0.717) is 6.54 Å². The summed E-state index contributed by atoms with van der Waals surface area (Å²) in [6.07, 6.45) is 4.87. The van der Waals surface area contributed by atoms with Crippen LogP contribution in [0.5, 0.6) is 0 Å². The van der Waals surface area contributed by atoms with E-state index < -0.39 is 5.54 Å². The van der Waals surface area contributed by atoms with Gasteiger partial charge in [-0.1, -0.05) is 32.3 Å². The normalized spacial score (nSPS) is 17.2. The second-order valence-corrected chi connectivity index (χ2v) is 7.07. The zero-order valence-electron chi connectivity index (χ0n) is 13.5. The fourth-order valence-electron chi connectivity index (χ4n) is 3.10. The molecule has 1 fully saturated rings. The second kappa shape index (κ2) is 7.75. The molecule has 1 saturated carbocycles. The van der Waals surface area contributed by atoms with E-state index in [1.54, 1.807) is 23.3 Å². The van der Waals surface area contributed by atoms with Crippen LogP contribution in [0.3, 0.4) is 0 Å². The van der Waals surface area contributed by atoms with Crippen LogP contribution in [-0.2, 0) is 11.3 Å². The van der Waals surface area contributed by atoms with Crippen molar-refractivity contribution >= 4 is 17.2 Å². The summed E-state index contributed by atoms with van der Waals surface area (Å²) >= 11 is 1.72. The standard InChI is InChI=1S/C17H25N3OS/c1-3-20(12-15-8-7-11-22-15)13-16(21)19(2)17(14-18)9-5-4-6-10-17/h7-8,11H,3-6,9-10,12-13H2,1-2H3. The summed E-state index contributed by atoms with van der Waals surface area (Å²) in [7, 11) is 1.80. The van der Waals surface area contributed by atoms with Crippen LogP contribution in [0.1, 0.15) is 43.9 Å². The molecule has 0 radical (unpaired) electrons. The van der Waals surface area contributed by atoms with Crippen molar-refractivity contribution in [3.05, 3.63) is 22.4 Å². The van der Waals surface area contributed by atoms with E-state index in [1.165, 1.54) is 11.3 Å². The fraction of sp³-hybridized carbons (Fsp3) is 0.647. The highest BCUT2D eigenvalue weighted by Gasteiger charge is 2.38. The predicted molar refractivity (Wildman–Crippen MR) is 89.5 cm³/mol. The zero-order chi connectivity index (χ0) is 16.0. The lowest BCUT2D eigenvalue weighted by atomic mass is 9.81. The van der Waals surface area contributed by atoms with Crippen molar-refractivity contribution in [3.8, 4) is 6.07 Å². The van der Waals surface area contributed by atoms with Crippen LogP contribution in [0.15, 0.2) is 17.5 Å². The van der Waals surface area contributed by atoms with Crippen molar-refractivity contribution in [2.24, 2.45) is 0 Å². The van der Waals surface area contributed by atoms with Gasteiger partial charge in [0.05, 0.1) is 12.6 Å². The average molecular weight is 319 g/mol. The summed E-state index contributed by atoms with van der Waals surface area (Å²) in [6, 6.07) is 6.56. The van der Waals surface area contributed by atoms with Crippen molar-refractivity contribution in [3.63, 3.8) is 0 Å². The molecule has 1 aliphatic rings. The topological polar surface area (TPSA) is 47.3 Å². The van der Waals surface area contributed by atoms with Crippen LogP contribution >= 0.6 is 11.3 Å². The Morgan fingerprint density at radius 2 is 2.14 bits per heavy atom. The van der Waals surface area contributed by atoms with Crippen LogP contribution in [-0.4, -0.2) is 41.4 Å². The Bertz CT molecular complexity index is 515. The highest BCUT2D eigenvalue weighted by molar-refractivity contribution is 7.09. The van der Waals surface area contributed by atoms with Gasteiger partial charge in [-0.15, -0.1) is 11.3 Å². The number of thiophene rings is 1. The minimum absolute atomic E-state index is 0.0573. The number of likely N-dealkylation sites (N-methyl/N-ethyl adjacent to an activating group) is 2. The molecule has 1 aromatic heterocycles. The molecule has 0 spiro atoms. The van der Waals surface area contributed by atoms with E-state index in [9.17, 15) is 10.1 Å². The average Bonchev–Trinajstić information content (AvgIpc) is 3.07. The SMILES string of the molecule is CCN(CC(=O)N(C)C1(C#N)CCCCC1)Cc1cccs1.